The molecule has 2 aromatic rings. The summed E-state index contributed by atoms with van der Waals surface area (Å²) in [7, 11) is -3.93. The number of anilines is 1. The molecule has 9 heteroatoms. The fourth-order valence-electron chi connectivity index (χ4n) is 1.97. The maximum Gasteiger partial charge on any atom is 0.258 e. The van der Waals surface area contributed by atoms with Crippen LogP contribution in [-0.2, 0) is 10.0 Å². The van der Waals surface area contributed by atoms with Gasteiger partial charge < -0.3 is 10.4 Å². The molecule has 0 aromatic heterocycles. The van der Waals surface area contributed by atoms with Crippen LogP contribution in [0.4, 0.5) is 14.5 Å². The molecule has 0 aliphatic rings. The monoisotopic (exact) mass is 370 g/mol. The van der Waals surface area contributed by atoms with Crippen LogP contribution in [0.3, 0.4) is 0 Å². The molecule has 25 heavy (non-hydrogen) atoms. The summed E-state index contributed by atoms with van der Waals surface area (Å²) in [6.45, 7) is -0.176. The Hall–Kier alpha value is -2.36. The fourth-order valence-corrected chi connectivity index (χ4v) is 3.05. The molecule has 3 N–H and O–H groups in total. The van der Waals surface area contributed by atoms with Crippen molar-refractivity contribution in [2.24, 2.45) is 0 Å². The number of amides is 1. The predicted octanol–water partition coefficient (Wildman–Crippen LogP) is 1.88. The standard InChI is InChI=1S/C16H16F2N2O4S/c17-13-5-2-1-4-12(13)16(22)20-15-7-6-11(10-14(15)18)25(23,24)19-8-3-9-21/h1-2,4-7,10,19,21H,3,8-9H2,(H,20,22). The van der Waals surface area contributed by atoms with E-state index in [9.17, 15) is 22.0 Å². The summed E-state index contributed by atoms with van der Waals surface area (Å²) < 4.78 is 53.8. The lowest BCUT2D eigenvalue weighted by atomic mass is 10.2. The minimum Gasteiger partial charge on any atom is -0.396 e. The van der Waals surface area contributed by atoms with Gasteiger partial charge in [-0.25, -0.2) is 21.9 Å². The number of hydrogen-bond acceptors (Lipinski definition) is 4. The van der Waals surface area contributed by atoms with Crippen LogP contribution in [0, 0.1) is 11.6 Å². The lowest BCUT2D eigenvalue weighted by Crippen LogP contribution is -2.25. The van der Waals surface area contributed by atoms with Crippen LogP contribution in [0.2, 0.25) is 0 Å². The van der Waals surface area contributed by atoms with Gasteiger partial charge in [-0.1, -0.05) is 12.1 Å². The normalized spacial score (nSPS) is 11.3. The first-order valence-corrected chi connectivity index (χ1v) is 8.79. The van der Waals surface area contributed by atoms with Gasteiger partial charge in [0.15, 0.2) is 0 Å². The summed E-state index contributed by atoms with van der Waals surface area (Å²) in [5, 5.41) is 10.8. The SMILES string of the molecule is O=C(Nc1ccc(S(=O)(=O)NCCCO)cc1F)c1ccccc1F. The van der Waals surface area contributed by atoms with Crippen molar-refractivity contribution >= 4 is 21.6 Å². The van der Waals surface area contributed by atoms with Gasteiger partial charge in [0.2, 0.25) is 10.0 Å². The van der Waals surface area contributed by atoms with Gasteiger partial charge in [0.05, 0.1) is 16.1 Å². The number of carbonyl (C=O) groups excluding carboxylic acids is 1. The molecular formula is C16H16F2N2O4S. The molecule has 1 amide bonds. The van der Waals surface area contributed by atoms with Crippen LogP contribution in [-0.4, -0.2) is 32.6 Å². The first kappa shape index (κ1) is 19.0. The number of benzene rings is 2. The van der Waals surface area contributed by atoms with Gasteiger partial charge in [-0.3, -0.25) is 4.79 Å². The van der Waals surface area contributed by atoms with E-state index in [4.69, 9.17) is 5.11 Å². The van der Waals surface area contributed by atoms with Gasteiger partial charge in [-0.2, -0.15) is 0 Å². The van der Waals surface area contributed by atoms with Crippen LogP contribution in [0.5, 0.6) is 0 Å². The van der Waals surface area contributed by atoms with Crippen LogP contribution < -0.4 is 10.0 Å². The molecule has 0 radical (unpaired) electrons. The Kier molecular flexibility index (Phi) is 6.18. The Morgan fingerprint density at radius 1 is 1.08 bits per heavy atom. The van der Waals surface area contributed by atoms with E-state index in [2.05, 4.69) is 10.0 Å². The first-order chi connectivity index (χ1) is 11.8. The van der Waals surface area contributed by atoms with Gasteiger partial charge >= 0.3 is 0 Å². The molecule has 134 valence electrons. The average molecular weight is 370 g/mol. The van der Waals surface area contributed by atoms with Crippen molar-refractivity contribution in [1.82, 2.24) is 4.72 Å². The summed E-state index contributed by atoms with van der Waals surface area (Å²) >= 11 is 0. The van der Waals surface area contributed by atoms with E-state index in [1.807, 2.05) is 0 Å². The smallest absolute Gasteiger partial charge is 0.258 e. The molecule has 0 saturated heterocycles. The number of halogens is 2. The van der Waals surface area contributed by atoms with Gasteiger partial charge in [-0.15, -0.1) is 0 Å². The van der Waals surface area contributed by atoms with E-state index in [-0.39, 0.29) is 35.7 Å². The maximum absolute atomic E-state index is 14.1. The van der Waals surface area contributed by atoms with E-state index in [1.54, 1.807) is 0 Å². The molecule has 0 saturated carbocycles. The molecule has 2 aromatic carbocycles. The summed E-state index contributed by atoms with van der Waals surface area (Å²) in [6.07, 6.45) is 0.221. The van der Waals surface area contributed by atoms with Gasteiger partial charge in [-0.05, 0) is 36.8 Å². The van der Waals surface area contributed by atoms with Crippen LogP contribution >= 0.6 is 0 Å². The van der Waals surface area contributed by atoms with Crippen molar-refractivity contribution < 1.29 is 27.1 Å². The molecule has 0 heterocycles. The van der Waals surface area contributed by atoms with Crippen molar-refractivity contribution in [3.8, 4) is 0 Å². The van der Waals surface area contributed by atoms with E-state index in [0.717, 1.165) is 24.3 Å². The fraction of sp³-hybridized carbons (Fsp3) is 0.188. The zero-order chi connectivity index (χ0) is 18.4. The summed E-state index contributed by atoms with van der Waals surface area (Å²) in [5.41, 5.74) is -0.535. The van der Waals surface area contributed by atoms with Crippen LogP contribution in [0.25, 0.3) is 0 Å². The molecule has 0 aliphatic heterocycles. The lowest BCUT2D eigenvalue weighted by molar-refractivity contribution is 0.102. The third kappa shape index (κ3) is 4.81. The highest BCUT2D eigenvalue weighted by Gasteiger charge is 2.18. The first-order valence-electron chi connectivity index (χ1n) is 7.31. The number of sulfonamides is 1. The second-order valence-electron chi connectivity index (χ2n) is 5.05. The quantitative estimate of drug-likeness (QED) is 0.649. The minimum atomic E-state index is -3.93. The van der Waals surface area contributed by atoms with E-state index < -0.39 is 27.6 Å². The topological polar surface area (TPSA) is 95.5 Å². The van der Waals surface area contributed by atoms with Crippen LogP contribution in [0.15, 0.2) is 47.4 Å². The van der Waals surface area contributed by atoms with Crippen molar-refractivity contribution in [2.75, 3.05) is 18.5 Å². The highest BCUT2D eigenvalue weighted by molar-refractivity contribution is 7.89. The van der Waals surface area contributed by atoms with Crippen molar-refractivity contribution in [1.29, 1.82) is 0 Å². The molecule has 6 nitrogen and oxygen atoms in total. The second-order valence-corrected chi connectivity index (χ2v) is 6.82. The van der Waals surface area contributed by atoms with E-state index in [0.29, 0.717) is 0 Å². The van der Waals surface area contributed by atoms with Gasteiger partial charge in [0.1, 0.15) is 11.6 Å². The Morgan fingerprint density at radius 3 is 2.44 bits per heavy atom. The number of nitrogens with one attached hydrogen (secondary N) is 2. The minimum absolute atomic E-state index is 0.00617. The van der Waals surface area contributed by atoms with E-state index in [1.165, 1.54) is 18.2 Å². The number of carbonyl (C=O) groups is 1. The van der Waals surface area contributed by atoms with Crippen LogP contribution in [0.1, 0.15) is 16.8 Å². The molecule has 0 fully saturated rings. The molecule has 0 spiro atoms. The highest BCUT2D eigenvalue weighted by atomic mass is 32.2. The molecule has 0 unspecified atom stereocenters. The van der Waals surface area contributed by atoms with Crippen molar-refractivity contribution in [2.45, 2.75) is 11.3 Å². The Bertz CT molecular complexity index is 872. The van der Waals surface area contributed by atoms with Crippen molar-refractivity contribution in [3.63, 3.8) is 0 Å². The molecule has 0 aliphatic carbocycles. The third-order valence-electron chi connectivity index (χ3n) is 3.24. The lowest BCUT2D eigenvalue weighted by Gasteiger charge is -2.10. The predicted molar refractivity (Wildman–Crippen MR) is 87.6 cm³/mol. The number of aliphatic hydroxyl groups is 1. The van der Waals surface area contributed by atoms with Gasteiger partial charge in [0, 0.05) is 13.2 Å². The zero-order valence-electron chi connectivity index (χ0n) is 13.0. The second kappa shape index (κ2) is 8.15. The largest absolute Gasteiger partial charge is 0.396 e. The Labute approximate surface area is 143 Å². The highest BCUT2D eigenvalue weighted by Crippen LogP contribution is 2.20. The Morgan fingerprint density at radius 2 is 1.80 bits per heavy atom. The van der Waals surface area contributed by atoms with Gasteiger partial charge in [0.25, 0.3) is 5.91 Å². The number of aliphatic hydroxyl groups excluding tert-OH is 1. The zero-order valence-corrected chi connectivity index (χ0v) is 13.8. The maximum atomic E-state index is 14.1. The molecule has 0 atom stereocenters. The summed E-state index contributed by atoms with van der Waals surface area (Å²) in [5.74, 6) is -2.59. The average Bonchev–Trinajstić information content (AvgIpc) is 2.57. The number of rotatable bonds is 7. The molecule has 2 rings (SSSR count). The van der Waals surface area contributed by atoms with E-state index >= 15 is 0 Å². The summed E-state index contributed by atoms with van der Waals surface area (Å²) in [6, 6.07) is 8.15. The molecular weight excluding hydrogens is 354 g/mol. The summed E-state index contributed by atoms with van der Waals surface area (Å²) in [4.78, 5) is 11.6. The molecule has 0 bridgehead atoms. The number of hydrogen-bond donors (Lipinski definition) is 3. The Balaban J connectivity index is 2.17. The van der Waals surface area contributed by atoms with Crippen molar-refractivity contribution in [3.05, 3.63) is 59.7 Å². The third-order valence-corrected chi connectivity index (χ3v) is 4.70.